The molecule has 1 atom stereocenters. The average Bonchev–Trinajstić information content (AvgIpc) is 3.03. The van der Waals surface area contributed by atoms with Crippen LogP contribution < -0.4 is 0 Å². The highest BCUT2D eigenvalue weighted by atomic mass is 16.5. The SMILES string of the molecule is CO[C@]1(c2cccc(-n3ccnc3C)n2)C=C(C#N)C(=O)C(C)(C)C1. The van der Waals surface area contributed by atoms with Crippen LogP contribution >= 0.6 is 0 Å². The van der Waals surface area contributed by atoms with Gasteiger partial charge in [-0.05, 0) is 31.6 Å². The van der Waals surface area contributed by atoms with Gasteiger partial charge in [0.05, 0.1) is 11.3 Å². The van der Waals surface area contributed by atoms with Crippen LogP contribution in [0.3, 0.4) is 0 Å². The lowest BCUT2D eigenvalue weighted by molar-refractivity contribution is -0.128. The zero-order chi connectivity index (χ0) is 18.2. The van der Waals surface area contributed by atoms with Crippen molar-refractivity contribution in [3.63, 3.8) is 0 Å². The first-order chi connectivity index (χ1) is 11.8. The number of methoxy groups -OCH3 is 1. The maximum absolute atomic E-state index is 12.4. The van der Waals surface area contributed by atoms with Crippen molar-refractivity contribution in [1.82, 2.24) is 14.5 Å². The van der Waals surface area contributed by atoms with Gasteiger partial charge in [0.25, 0.3) is 0 Å². The molecule has 2 aromatic rings. The molecule has 0 bridgehead atoms. The van der Waals surface area contributed by atoms with E-state index < -0.39 is 11.0 Å². The molecule has 128 valence electrons. The van der Waals surface area contributed by atoms with Gasteiger partial charge in [0.2, 0.25) is 0 Å². The molecule has 0 aromatic carbocycles. The van der Waals surface area contributed by atoms with Gasteiger partial charge in [-0.1, -0.05) is 19.9 Å². The summed E-state index contributed by atoms with van der Waals surface area (Å²) in [6.45, 7) is 5.56. The lowest BCUT2D eigenvalue weighted by atomic mass is 9.68. The molecule has 0 amide bonds. The van der Waals surface area contributed by atoms with Gasteiger partial charge in [-0.25, -0.2) is 9.97 Å². The van der Waals surface area contributed by atoms with Crippen LogP contribution in [0.25, 0.3) is 5.82 Å². The Morgan fingerprint density at radius 3 is 2.72 bits per heavy atom. The number of imidazole rings is 1. The molecule has 2 heterocycles. The highest BCUT2D eigenvalue weighted by molar-refractivity contribution is 6.03. The Morgan fingerprint density at radius 1 is 1.36 bits per heavy atom. The van der Waals surface area contributed by atoms with Crippen LogP contribution in [0.15, 0.2) is 42.2 Å². The third-order valence-electron chi connectivity index (χ3n) is 4.67. The molecule has 25 heavy (non-hydrogen) atoms. The van der Waals surface area contributed by atoms with Gasteiger partial charge in [0.1, 0.15) is 23.3 Å². The molecule has 0 fully saturated rings. The number of nitrogens with zero attached hydrogens (tertiary/aromatic N) is 4. The van der Waals surface area contributed by atoms with E-state index in [9.17, 15) is 10.1 Å². The molecule has 0 aliphatic heterocycles. The fraction of sp³-hybridized carbons (Fsp3) is 0.368. The highest BCUT2D eigenvalue weighted by Crippen LogP contribution is 2.44. The number of Topliss-reactive ketones (excluding diaryl/α,β-unsaturated/α-hetero) is 1. The minimum absolute atomic E-state index is 0.115. The first kappa shape index (κ1) is 17.1. The van der Waals surface area contributed by atoms with E-state index in [-0.39, 0.29) is 11.4 Å². The molecule has 2 aromatic heterocycles. The summed E-state index contributed by atoms with van der Waals surface area (Å²) < 4.78 is 7.69. The smallest absolute Gasteiger partial charge is 0.178 e. The molecule has 0 unspecified atom stereocenters. The fourth-order valence-electron chi connectivity index (χ4n) is 3.35. The number of allylic oxidation sites excluding steroid dienone is 1. The van der Waals surface area contributed by atoms with Crippen molar-refractivity contribution in [1.29, 1.82) is 5.26 Å². The Morgan fingerprint density at radius 2 is 2.12 bits per heavy atom. The summed E-state index contributed by atoms with van der Waals surface area (Å²) >= 11 is 0. The second-order valence-corrected chi connectivity index (χ2v) is 6.88. The van der Waals surface area contributed by atoms with Crippen LogP contribution in [0, 0.1) is 23.7 Å². The zero-order valence-corrected chi connectivity index (χ0v) is 14.8. The van der Waals surface area contributed by atoms with Crippen molar-refractivity contribution in [2.75, 3.05) is 7.11 Å². The number of aryl methyl sites for hydroxylation is 1. The van der Waals surface area contributed by atoms with Gasteiger partial charge in [-0.3, -0.25) is 9.36 Å². The van der Waals surface area contributed by atoms with Gasteiger partial charge < -0.3 is 4.74 Å². The molecule has 6 heteroatoms. The highest BCUT2D eigenvalue weighted by Gasteiger charge is 2.47. The third-order valence-corrected chi connectivity index (χ3v) is 4.67. The predicted molar refractivity (Wildman–Crippen MR) is 91.9 cm³/mol. The van der Waals surface area contributed by atoms with Crippen LogP contribution in [0.5, 0.6) is 0 Å². The Hall–Kier alpha value is -2.78. The van der Waals surface area contributed by atoms with Crippen LogP contribution in [-0.2, 0) is 15.1 Å². The second kappa shape index (κ2) is 5.94. The van der Waals surface area contributed by atoms with Crippen molar-refractivity contribution in [2.45, 2.75) is 32.8 Å². The summed E-state index contributed by atoms with van der Waals surface area (Å²) in [4.78, 5) is 21.4. The van der Waals surface area contributed by atoms with Crippen molar-refractivity contribution in [3.05, 3.63) is 53.8 Å². The number of carbonyl (C=O) groups is 1. The number of nitriles is 1. The molecule has 0 radical (unpaired) electrons. The Bertz CT molecular complexity index is 904. The maximum Gasteiger partial charge on any atom is 0.178 e. The second-order valence-electron chi connectivity index (χ2n) is 6.88. The summed E-state index contributed by atoms with van der Waals surface area (Å²) in [6, 6.07) is 7.64. The van der Waals surface area contributed by atoms with Gasteiger partial charge in [0, 0.05) is 24.9 Å². The van der Waals surface area contributed by atoms with E-state index in [0.29, 0.717) is 17.9 Å². The van der Waals surface area contributed by atoms with E-state index in [2.05, 4.69) is 4.98 Å². The van der Waals surface area contributed by atoms with E-state index in [1.807, 2.05) is 55.8 Å². The summed E-state index contributed by atoms with van der Waals surface area (Å²) in [5.74, 6) is 1.37. The summed E-state index contributed by atoms with van der Waals surface area (Å²) in [6.07, 6.45) is 5.57. The molecule has 1 aliphatic carbocycles. The number of rotatable bonds is 3. The number of ketones is 1. The molecule has 1 aliphatic rings. The quantitative estimate of drug-likeness (QED) is 0.861. The number of pyridine rings is 1. The molecular weight excluding hydrogens is 316 g/mol. The minimum Gasteiger partial charge on any atom is -0.368 e. The molecule has 0 saturated heterocycles. The van der Waals surface area contributed by atoms with Crippen LogP contribution in [0.2, 0.25) is 0 Å². The standard InChI is InChI=1S/C19H20N4O2/c1-13-21-8-9-23(13)16-7-5-6-15(22-16)19(25-4)10-14(11-20)17(24)18(2,3)12-19/h5-10H,12H2,1-4H3/t19-/m1/s1. The lowest BCUT2D eigenvalue weighted by Gasteiger charge is -2.39. The van der Waals surface area contributed by atoms with E-state index in [0.717, 1.165) is 5.82 Å². The predicted octanol–water partition coefficient (Wildman–Crippen LogP) is 2.87. The van der Waals surface area contributed by atoms with Gasteiger partial charge >= 0.3 is 0 Å². The number of ether oxygens (including phenoxy) is 1. The monoisotopic (exact) mass is 336 g/mol. The first-order valence-electron chi connectivity index (χ1n) is 8.04. The van der Waals surface area contributed by atoms with Crippen LogP contribution in [-0.4, -0.2) is 27.4 Å². The number of aromatic nitrogens is 3. The molecule has 0 saturated carbocycles. The summed E-state index contributed by atoms with van der Waals surface area (Å²) in [5, 5.41) is 9.38. The van der Waals surface area contributed by atoms with Gasteiger partial charge in [-0.15, -0.1) is 0 Å². The minimum atomic E-state index is -0.924. The molecule has 0 spiro atoms. The number of hydrogen-bond acceptors (Lipinski definition) is 5. The summed E-state index contributed by atoms with van der Waals surface area (Å²) in [5.41, 5.74) is -0.858. The van der Waals surface area contributed by atoms with E-state index in [4.69, 9.17) is 9.72 Å². The van der Waals surface area contributed by atoms with Crippen molar-refractivity contribution in [3.8, 4) is 11.9 Å². The molecule has 3 rings (SSSR count). The van der Waals surface area contributed by atoms with Crippen LogP contribution in [0.4, 0.5) is 0 Å². The lowest BCUT2D eigenvalue weighted by Crippen LogP contribution is -2.42. The Balaban J connectivity index is 2.16. The van der Waals surface area contributed by atoms with E-state index >= 15 is 0 Å². The maximum atomic E-state index is 12.4. The fourth-order valence-corrected chi connectivity index (χ4v) is 3.35. The average molecular weight is 336 g/mol. The number of hydrogen-bond donors (Lipinski definition) is 0. The normalized spacial score (nSPS) is 22.4. The Labute approximate surface area is 146 Å². The number of carbonyl (C=O) groups excluding carboxylic acids is 1. The van der Waals surface area contributed by atoms with Gasteiger partial charge in [0.15, 0.2) is 5.78 Å². The topological polar surface area (TPSA) is 80.8 Å². The third kappa shape index (κ3) is 2.77. The Kier molecular flexibility index (Phi) is 4.05. The van der Waals surface area contributed by atoms with Crippen molar-refractivity contribution < 1.29 is 9.53 Å². The zero-order valence-electron chi connectivity index (χ0n) is 14.8. The van der Waals surface area contributed by atoms with Crippen molar-refractivity contribution in [2.24, 2.45) is 5.41 Å². The largest absolute Gasteiger partial charge is 0.368 e. The molecular formula is C19H20N4O2. The molecule has 0 N–H and O–H groups in total. The first-order valence-corrected chi connectivity index (χ1v) is 8.04. The van der Waals surface area contributed by atoms with E-state index in [1.54, 1.807) is 19.4 Å². The van der Waals surface area contributed by atoms with E-state index in [1.165, 1.54) is 0 Å². The van der Waals surface area contributed by atoms with Gasteiger partial charge in [-0.2, -0.15) is 5.26 Å². The molecule has 6 nitrogen and oxygen atoms in total. The van der Waals surface area contributed by atoms with Crippen molar-refractivity contribution >= 4 is 5.78 Å². The summed E-state index contributed by atoms with van der Waals surface area (Å²) in [7, 11) is 1.58. The van der Waals surface area contributed by atoms with Crippen LogP contribution in [0.1, 0.15) is 31.8 Å².